The van der Waals surface area contributed by atoms with Gasteiger partial charge in [0.2, 0.25) is 0 Å². The molecule has 1 saturated heterocycles. The van der Waals surface area contributed by atoms with Gasteiger partial charge in [-0.2, -0.15) is 0 Å². The molecule has 5 rings (SSSR count). The molecule has 3 atom stereocenters. The zero-order valence-corrected chi connectivity index (χ0v) is 18.6. The van der Waals surface area contributed by atoms with E-state index < -0.39 is 6.04 Å². The molecule has 4 aliphatic rings. The van der Waals surface area contributed by atoms with Gasteiger partial charge in [-0.1, -0.05) is 12.8 Å². The smallest absolute Gasteiger partial charge is 0.388 e. The molecule has 8 heteroatoms. The maximum absolute atomic E-state index is 12.9. The Morgan fingerprint density at radius 2 is 1.91 bits per heavy atom. The van der Waals surface area contributed by atoms with Crippen LogP contribution in [0.2, 0.25) is 0 Å². The number of fused-ring (bicyclic) bond motifs is 1. The number of nitrogens with zero attached hydrogens (tertiary/aromatic N) is 2. The largest absolute Gasteiger partial charge is 0.489 e. The van der Waals surface area contributed by atoms with Crippen molar-refractivity contribution in [1.29, 1.82) is 0 Å². The SMILES string of the molecule is COC1CN([C@@H]2CCCCC[C@H]2Oc2ccc3c(c2)CN(C2CCC(=O)[NH+]=C2O)C3=O)C1. The maximum Gasteiger partial charge on any atom is 0.388 e. The first kappa shape index (κ1) is 21.4. The van der Waals surface area contributed by atoms with Gasteiger partial charge in [-0.3, -0.25) is 9.69 Å². The van der Waals surface area contributed by atoms with E-state index in [2.05, 4.69) is 9.89 Å². The van der Waals surface area contributed by atoms with Gasteiger partial charge in [0.1, 0.15) is 11.9 Å². The summed E-state index contributed by atoms with van der Waals surface area (Å²) in [6, 6.07) is 5.61. The Hall–Kier alpha value is -2.45. The number of methoxy groups -OCH3 is 1. The van der Waals surface area contributed by atoms with Crippen LogP contribution >= 0.6 is 0 Å². The second kappa shape index (κ2) is 8.83. The molecule has 32 heavy (non-hydrogen) atoms. The van der Waals surface area contributed by atoms with Gasteiger partial charge >= 0.3 is 11.8 Å². The lowest BCUT2D eigenvalue weighted by Gasteiger charge is -2.45. The van der Waals surface area contributed by atoms with Crippen LogP contribution in [0.15, 0.2) is 18.2 Å². The second-order valence-electron chi connectivity index (χ2n) is 9.41. The molecule has 2 amide bonds. The van der Waals surface area contributed by atoms with Crippen molar-refractivity contribution in [3.8, 4) is 5.75 Å². The fraction of sp³-hybridized carbons (Fsp3) is 0.625. The fourth-order valence-electron chi connectivity index (χ4n) is 5.51. The summed E-state index contributed by atoms with van der Waals surface area (Å²) in [4.78, 5) is 31.0. The Labute approximate surface area is 188 Å². The van der Waals surface area contributed by atoms with E-state index in [0.29, 0.717) is 37.1 Å². The Morgan fingerprint density at radius 1 is 1.09 bits per heavy atom. The van der Waals surface area contributed by atoms with Gasteiger partial charge in [0.25, 0.3) is 5.91 Å². The topological polar surface area (TPSA) is 93.3 Å². The van der Waals surface area contributed by atoms with Crippen LogP contribution in [0.4, 0.5) is 0 Å². The number of carbonyl (C=O) groups excluding carboxylic acids is 2. The summed E-state index contributed by atoms with van der Waals surface area (Å²) >= 11 is 0. The van der Waals surface area contributed by atoms with Crippen LogP contribution < -0.4 is 9.73 Å². The summed E-state index contributed by atoms with van der Waals surface area (Å²) in [6.07, 6.45) is 7.00. The van der Waals surface area contributed by atoms with Gasteiger partial charge in [-0.15, -0.1) is 4.99 Å². The molecular formula is C24H32N3O5+. The molecule has 3 aliphatic heterocycles. The molecule has 8 nitrogen and oxygen atoms in total. The molecule has 1 aromatic rings. The summed E-state index contributed by atoms with van der Waals surface area (Å²) in [5.41, 5.74) is 1.55. The van der Waals surface area contributed by atoms with Crippen LogP contribution in [0.5, 0.6) is 5.75 Å². The third kappa shape index (κ3) is 4.01. The number of hydrogen-bond acceptors (Lipinski definition) is 5. The highest BCUT2D eigenvalue weighted by Gasteiger charge is 2.41. The third-order valence-corrected chi connectivity index (χ3v) is 7.40. The van der Waals surface area contributed by atoms with Crippen molar-refractivity contribution in [2.75, 3.05) is 20.2 Å². The third-order valence-electron chi connectivity index (χ3n) is 7.40. The van der Waals surface area contributed by atoms with Gasteiger partial charge in [0.15, 0.2) is 6.04 Å². The Kier molecular flexibility index (Phi) is 5.90. The minimum Gasteiger partial charge on any atom is -0.489 e. The van der Waals surface area contributed by atoms with Crippen LogP contribution in [0.25, 0.3) is 0 Å². The summed E-state index contributed by atoms with van der Waals surface area (Å²) in [7, 11) is 1.77. The molecule has 0 aromatic heterocycles. The van der Waals surface area contributed by atoms with Crippen LogP contribution in [-0.2, 0) is 16.1 Å². The van der Waals surface area contributed by atoms with Crippen molar-refractivity contribution in [3.63, 3.8) is 0 Å². The molecule has 1 saturated carbocycles. The quantitative estimate of drug-likeness (QED) is 0.655. The molecule has 3 heterocycles. The van der Waals surface area contributed by atoms with Crippen molar-refractivity contribution < 1.29 is 29.2 Å². The van der Waals surface area contributed by atoms with Crippen molar-refractivity contribution in [2.24, 2.45) is 0 Å². The monoisotopic (exact) mass is 442 g/mol. The fourth-order valence-corrected chi connectivity index (χ4v) is 5.51. The summed E-state index contributed by atoms with van der Waals surface area (Å²) in [6.45, 7) is 2.34. The lowest BCUT2D eigenvalue weighted by molar-refractivity contribution is -0.394. The first-order valence-corrected chi connectivity index (χ1v) is 11.8. The van der Waals surface area contributed by atoms with Crippen molar-refractivity contribution in [3.05, 3.63) is 29.3 Å². The highest BCUT2D eigenvalue weighted by molar-refractivity contribution is 6.01. The van der Waals surface area contributed by atoms with E-state index in [4.69, 9.17) is 9.47 Å². The zero-order valence-electron chi connectivity index (χ0n) is 18.6. The molecule has 172 valence electrons. The molecule has 1 aliphatic carbocycles. The number of aliphatic hydroxyl groups is 1. The molecule has 1 unspecified atom stereocenters. The highest BCUT2D eigenvalue weighted by Crippen LogP contribution is 2.33. The first-order chi connectivity index (χ1) is 15.5. The van der Waals surface area contributed by atoms with E-state index in [0.717, 1.165) is 37.2 Å². The minimum absolute atomic E-state index is 0.113. The number of rotatable bonds is 5. The number of likely N-dealkylation sites (tertiary alicyclic amines) is 1. The van der Waals surface area contributed by atoms with Crippen LogP contribution in [-0.4, -0.2) is 77.1 Å². The predicted octanol–water partition coefficient (Wildman–Crippen LogP) is 0.779. The number of hydrogen-bond donors (Lipinski definition) is 2. The van der Waals surface area contributed by atoms with Crippen molar-refractivity contribution >= 4 is 17.7 Å². The Balaban J connectivity index is 1.30. The predicted molar refractivity (Wildman–Crippen MR) is 117 cm³/mol. The van der Waals surface area contributed by atoms with Crippen LogP contribution in [0, 0.1) is 0 Å². The summed E-state index contributed by atoms with van der Waals surface area (Å²) in [5, 5.41) is 10.2. The number of carbonyl (C=O) groups is 2. The van der Waals surface area contributed by atoms with Crippen LogP contribution in [0.3, 0.4) is 0 Å². The average Bonchev–Trinajstić information content (AvgIpc) is 2.90. The second-order valence-corrected chi connectivity index (χ2v) is 9.41. The van der Waals surface area contributed by atoms with Gasteiger partial charge in [-0.25, -0.2) is 4.79 Å². The molecule has 1 aromatic carbocycles. The van der Waals surface area contributed by atoms with Crippen LogP contribution in [0.1, 0.15) is 60.9 Å². The molecule has 0 spiro atoms. The minimum atomic E-state index is -0.483. The van der Waals surface area contributed by atoms with Gasteiger partial charge in [0.05, 0.1) is 12.5 Å². The van der Waals surface area contributed by atoms with Gasteiger partial charge in [-0.05, 0) is 49.4 Å². The van der Waals surface area contributed by atoms with E-state index in [1.165, 1.54) is 19.3 Å². The van der Waals surface area contributed by atoms with E-state index in [-0.39, 0.29) is 23.8 Å². The number of aliphatic hydroxyl groups excluding tert-OH is 1. The molecule has 2 N–H and O–H groups in total. The van der Waals surface area contributed by atoms with Gasteiger partial charge < -0.3 is 19.5 Å². The van der Waals surface area contributed by atoms with Gasteiger partial charge in [0, 0.05) is 38.3 Å². The van der Waals surface area contributed by atoms with E-state index in [1.807, 2.05) is 18.2 Å². The van der Waals surface area contributed by atoms with E-state index in [9.17, 15) is 14.7 Å². The number of ether oxygens (including phenoxy) is 2. The number of benzene rings is 1. The molecule has 2 fully saturated rings. The first-order valence-electron chi connectivity index (χ1n) is 11.8. The molecule has 0 bridgehead atoms. The normalized spacial score (nSPS) is 29.3. The lowest BCUT2D eigenvalue weighted by Crippen LogP contribution is -2.82. The standard InChI is InChI=1S/C24H31N3O5/c1-31-17-13-26(14-17)19-5-3-2-4-6-21(19)32-16-7-8-18-15(11-16)12-27(24(18)30)20-9-10-22(28)25-23(20)29/h7-8,11,17,19-21H,2-6,9-10,12-14H2,1H3,(H,25,28,29)/p+1/t19-,20?,21-/m1/s1. The molecule has 0 radical (unpaired) electrons. The zero-order chi connectivity index (χ0) is 22.2. The average molecular weight is 443 g/mol. The highest BCUT2D eigenvalue weighted by atomic mass is 16.5. The Morgan fingerprint density at radius 3 is 2.69 bits per heavy atom. The summed E-state index contributed by atoms with van der Waals surface area (Å²) < 4.78 is 12.0. The van der Waals surface area contributed by atoms with E-state index in [1.54, 1.807) is 12.0 Å². The summed E-state index contributed by atoms with van der Waals surface area (Å²) in [5.74, 6) is 0.335. The van der Waals surface area contributed by atoms with E-state index >= 15 is 0 Å². The van der Waals surface area contributed by atoms with Crippen molar-refractivity contribution in [1.82, 2.24) is 9.80 Å². The number of nitrogens with one attached hydrogen (secondary N) is 1. The van der Waals surface area contributed by atoms with Crippen molar-refractivity contribution in [2.45, 2.75) is 75.8 Å². The Bertz CT molecular complexity index is 926. The molecular weight excluding hydrogens is 410 g/mol. The lowest BCUT2D eigenvalue weighted by atomic mass is 9.98. The number of amides is 2. The maximum atomic E-state index is 12.9.